The minimum Gasteiger partial charge on any atom is -0.452 e. The summed E-state index contributed by atoms with van der Waals surface area (Å²) in [7, 11) is 0. The van der Waals surface area contributed by atoms with Gasteiger partial charge in [0.2, 0.25) is 0 Å². The van der Waals surface area contributed by atoms with Gasteiger partial charge in [-0.3, -0.25) is 9.59 Å². The number of carbonyl (C=O) groups excluding carboxylic acids is 2. The van der Waals surface area contributed by atoms with Gasteiger partial charge in [-0.25, -0.2) is 9.97 Å². The van der Waals surface area contributed by atoms with Crippen LogP contribution in [0.5, 0.6) is 0 Å². The van der Waals surface area contributed by atoms with Crippen molar-refractivity contribution in [1.82, 2.24) is 14.9 Å². The summed E-state index contributed by atoms with van der Waals surface area (Å²) in [6.45, 7) is 11.1. The van der Waals surface area contributed by atoms with Crippen LogP contribution in [0.25, 0.3) is 10.2 Å². The number of hydrogen-bond donors (Lipinski definition) is 0. The number of esters is 1. The van der Waals surface area contributed by atoms with E-state index in [2.05, 4.69) is 35.6 Å². The van der Waals surface area contributed by atoms with E-state index in [1.54, 1.807) is 24.6 Å². The second kappa shape index (κ2) is 9.10. The number of aromatic nitrogens is 2. The van der Waals surface area contributed by atoms with E-state index in [1.165, 1.54) is 10.4 Å². The Morgan fingerprint density at radius 3 is 2.45 bits per heavy atom. The smallest absolute Gasteiger partial charge is 0.309 e. The minimum absolute atomic E-state index is 0.0654. The molecule has 31 heavy (non-hydrogen) atoms. The summed E-state index contributed by atoms with van der Waals surface area (Å²) in [6.07, 6.45) is 4.36. The van der Waals surface area contributed by atoms with E-state index in [9.17, 15) is 9.59 Å². The van der Waals surface area contributed by atoms with Crippen molar-refractivity contribution >= 4 is 39.2 Å². The minimum atomic E-state index is -0.711. The lowest BCUT2D eigenvalue weighted by atomic mass is 9.96. The third kappa shape index (κ3) is 4.54. The quantitative estimate of drug-likeness (QED) is 0.669. The van der Waals surface area contributed by atoms with Gasteiger partial charge >= 0.3 is 5.97 Å². The first-order chi connectivity index (χ1) is 14.8. The van der Waals surface area contributed by atoms with Crippen molar-refractivity contribution in [1.29, 1.82) is 0 Å². The van der Waals surface area contributed by atoms with Crippen LogP contribution in [0.1, 0.15) is 50.0 Å². The van der Waals surface area contributed by atoms with Crippen LogP contribution in [-0.4, -0.2) is 59.0 Å². The molecule has 2 aliphatic heterocycles. The standard InChI is InChI=1S/C23H32N4O3S/c1-14-5-9-27(10-6-14)22(28)16(3)30-23(29)18-7-11-26(12-8-18)20-19-15(2)17(4)31-21(19)25-13-24-20/h13-14,16,18H,5-12H2,1-4H3. The molecule has 0 saturated carbocycles. The van der Waals surface area contributed by atoms with E-state index in [-0.39, 0.29) is 17.8 Å². The number of carbonyl (C=O) groups is 2. The number of anilines is 1. The number of amides is 1. The maximum atomic E-state index is 12.7. The SMILES string of the molecule is Cc1sc2ncnc(N3CCC(C(=O)OC(C)C(=O)N4CCC(C)CC4)CC3)c2c1C. The Balaban J connectivity index is 1.34. The van der Waals surface area contributed by atoms with E-state index in [4.69, 9.17) is 4.74 Å². The van der Waals surface area contributed by atoms with Crippen molar-refractivity contribution < 1.29 is 14.3 Å². The molecular formula is C23H32N4O3S. The van der Waals surface area contributed by atoms with Crippen LogP contribution in [0, 0.1) is 25.7 Å². The Bertz CT molecular complexity index is 959. The lowest BCUT2D eigenvalue weighted by Gasteiger charge is -2.34. The summed E-state index contributed by atoms with van der Waals surface area (Å²) in [5, 5.41) is 1.13. The van der Waals surface area contributed by atoms with E-state index >= 15 is 0 Å². The van der Waals surface area contributed by atoms with Crippen LogP contribution in [0.15, 0.2) is 6.33 Å². The summed E-state index contributed by atoms with van der Waals surface area (Å²) < 4.78 is 5.59. The van der Waals surface area contributed by atoms with Crippen molar-refractivity contribution in [3.63, 3.8) is 0 Å². The molecule has 2 aromatic rings. The first kappa shape index (κ1) is 22.0. The van der Waals surface area contributed by atoms with Crippen LogP contribution in [-0.2, 0) is 14.3 Å². The Morgan fingerprint density at radius 2 is 1.77 bits per heavy atom. The van der Waals surface area contributed by atoms with Crippen LogP contribution in [0.4, 0.5) is 5.82 Å². The number of thiophene rings is 1. The number of hydrogen-bond acceptors (Lipinski definition) is 7. The molecule has 2 aliphatic rings. The Labute approximate surface area is 187 Å². The largest absolute Gasteiger partial charge is 0.452 e. The highest BCUT2D eigenvalue weighted by molar-refractivity contribution is 7.18. The zero-order chi connectivity index (χ0) is 22.1. The molecule has 1 unspecified atom stereocenters. The van der Waals surface area contributed by atoms with Crippen molar-refractivity contribution in [2.45, 2.75) is 59.5 Å². The number of likely N-dealkylation sites (tertiary alicyclic amines) is 1. The topological polar surface area (TPSA) is 75.6 Å². The highest BCUT2D eigenvalue weighted by Gasteiger charge is 2.32. The van der Waals surface area contributed by atoms with Gasteiger partial charge in [0.15, 0.2) is 6.10 Å². The monoisotopic (exact) mass is 444 g/mol. The lowest BCUT2D eigenvalue weighted by molar-refractivity contribution is -0.163. The number of aryl methyl sites for hydroxylation is 2. The van der Waals surface area contributed by atoms with Crippen molar-refractivity contribution in [2.24, 2.45) is 11.8 Å². The normalized spacial score (nSPS) is 19.6. The number of rotatable bonds is 4. The highest BCUT2D eigenvalue weighted by Crippen LogP contribution is 2.35. The summed E-state index contributed by atoms with van der Waals surface area (Å²) in [4.78, 5) is 40.7. The molecule has 0 aliphatic carbocycles. The molecular weight excluding hydrogens is 412 g/mol. The van der Waals surface area contributed by atoms with Crippen molar-refractivity contribution in [2.75, 3.05) is 31.1 Å². The summed E-state index contributed by atoms with van der Waals surface area (Å²) in [6, 6.07) is 0. The van der Waals surface area contributed by atoms with Gasteiger partial charge in [0.25, 0.3) is 5.91 Å². The van der Waals surface area contributed by atoms with Crippen molar-refractivity contribution in [3.05, 3.63) is 16.8 Å². The van der Waals surface area contributed by atoms with E-state index in [0.717, 1.165) is 55.1 Å². The maximum absolute atomic E-state index is 12.7. The molecule has 8 heteroatoms. The van der Waals surface area contributed by atoms with Crippen LogP contribution in [0.3, 0.4) is 0 Å². The average molecular weight is 445 g/mol. The molecule has 0 aromatic carbocycles. The third-order valence-corrected chi connectivity index (χ3v) is 7.92. The predicted molar refractivity (Wildman–Crippen MR) is 122 cm³/mol. The number of nitrogens with zero attached hydrogens (tertiary/aromatic N) is 4. The first-order valence-electron chi connectivity index (χ1n) is 11.3. The second-order valence-corrected chi connectivity index (χ2v) is 10.2. The molecule has 4 rings (SSSR count). The Kier molecular flexibility index (Phi) is 6.46. The fourth-order valence-electron chi connectivity index (χ4n) is 4.54. The highest BCUT2D eigenvalue weighted by atomic mass is 32.1. The Morgan fingerprint density at radius 1 is 1.10 bits per heavy atom. The fourth-order valence-corrected chi connectivity index (χ4v) is 5.53. The number of piperidine rings is 2. The molecule has 1 amide bonds. The second-order valence-electron chi connectivity index (χ2n) is 9.01. The van der Waals surface area contributed by atoms with Gasteiger partial charge < -0.3 is 14.5 Å². The fraction of sp³-hybridized carbons (Fsp3) is 0.652. The zero-order valence-corrected chi connectivity index (χ0v) is 19.7. The molecule has 0 radical (unpaired) electrons. The van der Waals surface area contributed by atoms with Gasteiger partial charge in [-0.2, -0.15) is 0 Å². The number of ether oxygens (including phenoxy) is 1. The lowest BCUT2D eigenvalue weighted by Crippen LogP contribution is -2.45. The third-order valence-electron chi connectivity index (χ3n) is 6.81. The van der Waals surface area contributed by atoms with E-state index in [0.29, 0.717) is 18.8 Å². The van der Waals surface area contributed by atoms with E-state index < -0.39 is 6.10 Å². The van der Waals surface area contributed by atoms with Gasteiger partial charge in [-0.1, -0.05) is 6.92 Å². The average Bonchev–Trinajstić information content (AvgIpc) is 3.07. The summed E-state index contributed by atoms with van der Waals surface area (Å²) in [5.41, 5.74) is 1.23. The first-order valence-corrected chi connectivity index (χ1v) is 12.1. The van der Waals surface area contributed by atoms with Crippen LogP contribution in [0.2, 0.25) is 0 Å². The molecule has 0 spiro atoms. The molecule has 4 heterocycles. The predicted octanol–water partition coefficient (Wildman–Crippen LogP) is 3.71. The molecule has 2 saturated heterocycles. The van der Waals surface area contributed by atoms with Gasteiger partial charge in [0, 0.05) is 31.1 Å². The van der Waals surface area contributed by atoms with Gasteiger partial charge in [0.1, 0.15) is 17.0 Å². The molecule has 1 atom stereocenters. The molecule has 2 fully saturated rings. The Hall–Kier alpha value is -2.22. The summed E-state index contributed by atoms with van der Waals surface area (Å²) in [5.74, 6) is 1.13. The van der Waals surface area contributed by atoms with Gasteiger partial charge in [-0.05, 0) is 57.9 Å². The zero-order valence-electron chi connectivity index (χ0n) is 18.9. The molecule has 0 N–H and O–H groups in total. The van der Waals surface area contributed by atoms with Crippen LogP contribution >= 0.6 is 11.3 Å². The molecule has 2 aromatic heterocycles. The molecule has 168 valence electrons. The summed E-state index contributed by atoms with van der Waals surface area (Å²) >= 11 is 1.70. The maximum Gasteiger partial charge on any atom is 0.309 e. The van der Waals surface area contributed by atoms with Gasteiger partial charge in [0.05, 0.1) is 11.3 Å². The van der Waals surface area contributed by atoms with Crippen LogP contribution < -0.4 is 4.90 Å². The number of fused-ring (bicyclic) bond motifs is 1. The van der Waals surface area contributed by atoms with E-state index in [1.807, 2.05) is 4.90 Å². The van der Waals surface area contributed by atoms with Crippen molar-refractivity contribution in [3.8, 4) is 0 Å². The van der Waals surface area contributed by atoms with Gasteiger partial charge in [-0.15, -0.1) is 11.3 Å². The molecule has 7 nitrogen and oxygen atoms in total. The molecule has 0 bridgehead atoms.